The number of urea groups is 1. The number of benzene rings is 1. The number of piperazine rings is 1. The summed E-state index contributed by atoms with van der Waals surface area (Å²) in [6.07, 6.45) is 1.49. The lowest BCUT2D eigenvalue weighted by Crippen LogP contribution is -2.51. The van der Waals surface area contributed by atoms with Crippen molar-refractivity contribution in [3.05, 3.63) is 42.1 Å². The fraction of sp³-hybridized carbons (Fsp3) is 0.400. The molecular weight excluding hydrogens is 424 g/mol. The number of aromatic hydroxyl groups is 1. The molecule has 0 bridgehead atoms. The second-order valence-electron chi connectivity index (χ2n) is 7.02. The van der Waals surface area contributed by atoms with Gasteiger partial charge in [-0.05, 0) is 30.7 Å². The maximum Gasteiger partial charge on any atom is 0.321 e. The zero-order chi connectivity index (χ0) is 22.4. The van der Waals surface area contributed by atoms with Crippen molar-refractivity contribution in [1.82, 2.24) is 14.2 Å². The van der Waals surface area contributed by atoms with E-state index in [1.807, 2.05) is 0 Å². The number of methoxy groups -OCH3 is 1. The minimum Gasteiger partial charge on any atom is -0.507 e. The maximum absolute atomic E-state index is 12.9. The number of phenols is 1. The molecule has 1 aliphatic heterocycles. The molecule has 0 aliphatic carbocycles. The summed E-state index contributed by atoms with van der Waals surface area (Å²) in [5.41, 5.74) is 1.24. The highest BCUT2D eigenvalue weighted by molar-refractivity contribution is 7.89. The summed E-state index contributed by atoms with van der Waals surface area (Å²) in [5.74, 6) is 0.140. The number of nitrogens with zero attached hydrogens (tertiary/aromatic N) is 3. The van der Waals surface area contributed by atoms with Gasteiger partial charge in [-0.25, -0.2) is 18.2 Å². The topological polar surface area (TPSA) is 121 Å². The Morgan fingerprint density at radius 1 is 1.16 bits per heavy atom. The van der Waals surface area contributed by atoms with Crippen LogP contribution >= 0.6 is 0 Å². The van der Waals surface area contributed by atoms with Gasteiger partial charge in [0.1, 0.15) is 17.3 Å². The Bertz CT molecular complexity index is 1000. The number of pyridine rings is 1. The number of hydrogen-bond donors (Lipinski definition) is 2. The number of aryl methyl sites for hydroxylation is 1. The number of carbonyl (C=O) groups excluding carboxylic acids is 1. The van der Waals surface area contributed by atoms with E-state index in [0.29, 0.717) is 24.8 Å². The van der Waals surface area contributed by atoms with Crippen molar-refractivity contribution >= 4 is 21.7 Å². The number of sulfonamides is 1. The third-order valence-corrected chi connectivity index (χ3v) is 6.71. The zero-order valence-electron chi connectivity index (χ0n) is 17.4. The number of aromatic nitrogens is 1. The number of anilines is 1. The molecule has 168 valence electrons. The predicted octanol–water partition coefficient (Wildman–Crippen LogP) is 1.66. The van der Waals surface area contributed by atoms with Gasteiger partial charge in [-0.15, -0.1) is 0 Å². The molecule has 0 spiro atoms. The number of amides is 2. The number of hydrogen-bond acceptors (Lipinski definition) is 7. The van der Waals surface area contributed by atoms with Gasteiger partial charge >= 0.3 is 6.03 Å². The molecule has 2 N–H and O–H groups in total. The Balaban J connectivity index is 1.55. The molecule has 2 aromatic rings. The summed E-state index contributed by atoms with van der Waals surface area (Å²) in [5, 5.41) is 12.7. The van der Waals surface area contributed by atoms with Crippen LogP contribution in [-0.2, 0) is 14.8 Å². The highest BCUT2D eigenvalue weighted by Gasteiger charge is 2.32. The smallest absolute Gasteiger partial charge is 0.321 e. The van der Waals surface area contributed by atoms with Crippen LogP contribution in [0.4, 0.5) is 10.5 Å². The van der Waals surface area contributed by atoms with Crippen molar-refractivity contribution in [2.45, 2.75) is 11.8 Å². The number of ether oxygens (including phenoxy) is 2. The Morgan fingerprint density at radius 3 is 2.55 bits per heavy atom. The molecule has 1 aromatic carbocycles. The van der Waals surface area contributed by atoms with E-state index in [1.165, 1.54) is 27.5 Å². The minimum atomic E-state index is -3.85. The first-order valence-electron chi connectivity index (χ1n) is 9.75. The lowest BCUT2D eigenvalue weighted by molar-refractivity contribution is 0.144. The van der Waals surface area contributed by atoms with E-state index < -0.39 is 10.0 Å². The fourth-order valence-electron chi connectivity index (χ4n) is 3.07. The van der Waals surface area contributed by atoms with Gasteiger partial charge in [0, 0.05) is 39.4 Å². The van der Waals surface area contributed by atoms with Gasteiger partial charge in [0.05, 0.1) is 18.5 Å². The van der Waals surface area contributed by atoms with Crippen LogP contribution < -0.4 is 10.1 Å². The van der Waals surface area contributed by atoms with E-state index in [2.05, 4.69) is 10.3 Å². The Morgan fingerprint density at radius 2 is 1.90 bits per heavy atom. The molecule has 1 saturated heterocycles. The highest BCUT2D eigenvalue weighted by atomic mass is 32.2. The van der Waals surface area contributed by atoms with Crippen LogP contribution in [0.2, 0.25) is 0 Å². The third kappa shape index (κ3) is 5.63. The molecule has 1 fully saturated rings. The fourth-order valence-corrected chi connectivity index (χ4v) is 4.66. The maximum atomic E-state index is 12.9. The Labute approximate surface area is 181 Å². The SMILES string of the molecule is COCCOc1ccc(NC(=O)N2CCN(S(=O)(=O)c3cc(C)ccc3O)CC2)cn1. The lowest BCUT2D eigenvalue weighted by Gasteiger charge is -2.34. The van der Waals surface area contributed by atoms with Gasteiger partial charge in [0.25, 0.3) is 0 Å². The summed E-state index contributed by atoms with van der Waals surface area (Å²) < 4.78 is 37.3. The third-order valence-electron chi connectivity index (χ3n) is 4.78. The van der Waals surface area contributed by atoms with Crippen molar-refractivity contribution in [1.29, 1.82) is 0 Å². The Kier molecular flexibility index (Phi) is 7.31. The van der Waals surface area contributed by atoms with E-state index in [-0.39, 0.29) is 42.9 Å². The lowest BCUT2D eigenvalue weighted by atomic mass is 10.2. The summed E-state index contributed by atoms with van der Waals surface area (Å²) in [6.45, 7) is 3.30. The van der Waals surface area contributed by atoms with Crippen LogP contribution in [0.5, 0.6) is 11.6 Å². The first kappa shape index (κ1) is 22.8. The van der Waals surface area contributed by atoms with Crippen LogP contribution in [0.15, 0.2) is 41.4 Å². The quantitative estimate of drug-likeness (QED) is 0.615. The van der Waals surface area contributed by atoms with E-state index in [4.69, 9.17) is 9.47 Å². The largest absolute Gasteiger partial charge is 0.507 e. The average Bonchev–Trinajstić information content (AvgIpc) is 2.77. The van der Waals surface area contributed by atoms with Gasteiger partial charge < -0.3 is 24.8 Å². The van der Waals surface area contributed by atoms with Crippen LogP contribution in [-0.4, -0.2) is 80.2 Å². The molecule has 1 aliphatic rings. The van der Waals surface area contributed by atoms with Crippen molar-refractivity contribution in [2.24, 2.45) is 0 Å². The van der Waals surface area contributed by atoms with E-state index in [0.717, 1.165) is 5.56 Å². The molecule has 2 heterocycles. The van der Waals surface area contributed by atoms with Gasteiger partial charge in [0.2, 0.25) is 15.9 Å². The summed E-state index contributed by atoms with van der Waals surface area (Å²) in [7, 11) is -2.27. The molecular formula is C20H26N4O6S. The van der Waals surface area contributed by atoms with E-state index in [1.54, 1.807) is 32.2 Å². The van der Waals surface area contributed by atoms with Crippen molar-refractivity contribution in [2.75, 3.05) is 51.8 Å². The van der Waals surface area contributed by atoms with Crippen LogP contribution in [0.3, 0.4) is 0 Å². The Hall–Kier alpha value is -2.89. The average molecular weight is 451 g/mol. The van der Waals surface area contributed by atoms with Crippen LogP contribution in [0, 0.1) is 6.92 Å². The number of nitrogens with one attached hydrogen (secondary N) is 1. The van der Waals surface area contributed by atoms with E-state index >= 15 is 0 Å². The number of phenolic OH excluding ortho intramolecular Hbond substituents is 1. The minimum absolute atomic E-state index is 0.121. The molecule has 1 aromatic heterocycles. The second kappa shape index (κ2) is 9.94. The number of carbonyl (C=O) groups is 1. The zero-order valence-corrected chi connectivity index (χ0v) is 18.3. The van der Waals surface area contributed by atoms with Crippen molar-refractivity contribution in [3.63, 3.8) is 0 Å². The molecule has 11 heteroatoms. The molecule has 10 nitrogen and oxygen atoms in total. The molecule has 0 radical (unpaired) electrons. The highest BCUT2D eigenvalue weighted by Crippen LogP contribution is 2.27. The molecule has 3 rings (SSSR count). The van der Waals surface area contributed by atoms with Crippen LogP contribution in [0.1, 0.15) is 5.56 Å². The van der Waals surface area contributed by atoms with Crippen LogP contribution in [0.25, 0.3) is 0 Å². The summed E-state index contributed by atoms with van der Waals surface area (Å²) in [4.78, 5) is 18.1. The molecule has 2 amide bonds. The first-order chi connectivity index (χ1) is 14.8. The normalized spacial score (nSPS) is 15.0. The van der Waals surface area contributed by atoms with Crippen molar-refractivity contribution in [3.8, 4) is 11.6 Å². The first-order valence-corrected chi connectivity index (χ1v) is 11.2. The number of rotatable bonds is 7. The van der Waals surface area contributed by atoms with Gasteiger partial charge in [-0.2, -0.15) is 4.31 Å². The summed E-state index contributed by atoms with van der Waals surface area (Å²) >= 11 is 0. The standard InChI is InChI=1S/C20H26N4O6S/c1-15-3-5-17(25)18(13-15)31(27,28)24-9-7-23(8-10-24)20(26)22-16-4-6-19(21-14-16)30-12-11-29-2/h3-6,13-14,25H,7-12H2,1-2H3,(H,22,26). The second-order valence-corrected chi connectivity index (χ2v) is 8.93. The molecule has 31 heavy (non-hydrogen) atoms. The van der Waals surface area contributed by atoms with Gasteiger partial charge in [-0.3, -0.25) is 0 Å². The van der Waals surface area contributed by atoms with Gasteiger partial charge in [-0.1, -0.05) is 6.07 Å². The van der Waals surface area contributed by atoms with Crippen molar-refractivity contribution < 1.29 is 27.8 Å². The molecule has 0 unspecified atom stereocenters. The molecule has 0 atom stereocenters. The monoisotopic (exact) mass is 450 g/mol. The van der Waals surface area contributed by atoms with E-state index in [9.17, 15) is 18.3 Å². The summed E-state index contributed by atoms with van der Waals surface area (Å²) in [6, 6.07) is 7.43. The van der Waals surface area contributed by atoms with Gasteiger partial charge in [0.15, 0.2) is 0 Å². The molecule has 0 saturated carbocycles. The predicted molar refractivity (Wildman–Crippen MR) is 114 cm³/mol.